The number of halogens is 1. The second kappa shape index (κ2) is 8.12. The smallest absolute Gasteiger partial charge is 0.338 e. The zero-order valence-electron chi connectivity index (χ0n) is 14.2. The predicted octanol–water partition coefficient (Wildman–Crippen LogP) is 3.97. The third kappa shape index (κ3) is 4.68. The molecule has 0 aromatic heterocycles. The van der Waals surface area contributed by atoms with Crippen LogP contribution in [0.15, 0.2) is 51.8 Å². The summed E-state index contributed by atoms with van der Waals surface area (Å²) in [5, 5.41) is 0. The highest BCUT2D eigenvalue weighted by molar-refractivity contribution is 9.10. The molecule has 2 aromatic rings. The highest BCUT2D eigenvalue weighted by Gasteiger charge is 2.22. The van der Waals surface area contributed by atoms with Gasteiger partial charge in [0.2, 0.25) is 10.0 Å². The minimum atomic E-state index is -3.76. The monoisotopic (exact) mass is 425 g/mol. The molecule has 1 atom stereocenters. The summed E-state index contributed by atoms with van der Waals surface area (Å²) in [5.41, 5.74) is 2.21. The van der Waals surface area contributed by atoms with Crippen molar-refractivity contribution in [3.05, 3.63) is 63.6 Å². The molecule has 0 spiro atoms. The van der Waals surface area contributed by atoms with Crippen LogP contribution in [0.5, 0.6) is 0 Å². The lowest BCUT2D eigenvalue weighted by Crippen LogP contribution is -2.27. The minimum absolute atomic E-state index is 0.0704. The van der Waals surface area contributed by atoms with Crippen LogP contribution in [0.25, 0.3) is 0 Å². The number of carbonyl (C=O) groups is 1. The predicted molar refractivity (Wildman–Crippen MR) is 100 cm³/mol. The summed E-state index contributed by atoms with van der Waals surface area (Å²) in [4.78, 5) is 11.8. The number of nitrogens with one attached hydrogen (secondary N) is 1. The fraction of sp³-hybridized carbons (Fsp3) is 0.278. The lowest BCUT2D eigenvalue weighted by Gasteiger charge is -2.17. The first kappa shape index (κ1) is 19.6. The van der Waals surface area contributed by atoms with E-state index in [1.54, 1.807) is 13.8 Å². The Morgan fingerprint density at radius 2 is 1.92 bits per heavy atom. The number of ether oxygens (including phenoxy) is 1. The number of carbonyl (C=O) groups excluding carboxylic acids is 1. The first-order valence-electron chi connectivity index (χ1n) is 7.80. The molecule has 5 nitrogen and oxygen atoms in total. The van der Waals surface area contributed by atoms with Crippen LogP contribution >= 0.6 is 15.9 Å². The highest BCUT2D eigenvalue weighted by atomic mass is 79.9. The highest BCUT2D eigenvalue weighted by Crippen LogP contribution is 2.26. The van der Waals surface area contributed by atoms with Gasteiger partial charge in [0.15, 0.2) is 0 Å². The zero-order chi connectivity index (χ0) is 18.6. The van der Waals surface area contributed by atoms with E-state index >= 15 is 0 Å². The van der Waals surface area contributed by atoms with Crippen LogP contribution < -0.4 is 4.72 Å². The lowest BCUT2D eigenvalue weighted by atomic mass is 10.0. The van der Waals surface area contributed by atoms with Crippen LogP contribution in [0.2, 0.25) is 0 Å². The summed E-state index contributed by atoms with van der Waals surface area (Å²) >= 11 is 3.24. The molecule has 1 N–H and O–H groups in total. The van der Waals surface area contributed by atoms with Crippen LogP contribution in [0.3, 0.4) is 0 Å². The van der Waals surface area contributed by atoms with Crippen molar-refractivity contribution in [3.63, 3.8) is 0 Å². The topological polar surface area (TPSA) is 72.5 Å². The summed E-state index contributed by atoms with van der Waals surface area (Å²) in [6, 6.07) is 11.5. The van der Waals surface area contributed by atoms with Gasteiger partial charge in [-0.2, -0.15) is 0 Å². The Labute approximate surface area is 156 Å². The Bertz CT molecular complexity index is 880. The van der Waals surface area contributed by atoms with Gasteiger partial charge in [0.25, 0.3) is 0 Å². The van der Waals surface area contributed by atoms with Crippen LogP contribution in [-0.4, -0.2) is 21.0 Å². The van der Waals surface area contributed by atoms with E-state index in [9.17, 15) is 13.2 Å². The molecular weight excluding hydrogens is 406 g/mol. The van der Waals surface area contributed by atoms with Gasteiger partial charge in [-0.3, -0.25) is 0 Å². The zero-order valence-corrected chi connectivity index (χ0v) is 16.6. The molecule has 2 rings (SSSR count). The van der Waals surface area contributed by atoms with E-state index in [-0.39, 0.29) is 17.5 Å². The quantitative estimate of drug-likeness (QED) is 0.710. The van der Waals surface area contributed by atoms with Gasteiger partial charge in [0, 0.05) is 10.5 Å². The summed E-state index contributed by atoms with van der Waals surface area (Å²) in [6.07, 6.45) is 0. The molecule has 0 aliphatic heterocycles. The van der Waals surface area contributed by atoms with Crippen molar-refractivity contribution >= 4 is 31.9 Å². The Morgan fingerprint density at radius 1 is 1.24 bits per heavy atom. The van der Waals surface area contributed by atoms with Crippen molar-refractivity contribution in [1.82, 2.24) is 4.72 Å². The van der Waals surface area contributed by atoms with Crippen molar-refractivity contribution in [2.45, 2.75) is 31.7 Å². The Morgan fingerprint density at radius 3 is 2.52 bits per heavy atom. The molecule has 0 saturated heterocycles. The van der Waals surface area contributed by atoms with E-state index in [0.717, 1.165) is 11.1 Å². The Hall–Kier alpha value is -1.70. The van der Waals surface area contributed by atoms with Crippen molar-refractivity contribution in [2.75, 3.05) is 6.61 Å². The Balaban J connectivity index is 2.28. The van der Waals surface area contributed by atoms with Crippen LogP contribution in [0.4, 0.5) is 0 Å². The van der Waals surface area contributed by atoms with Gasteiger partial charge in [0.1, 0.15) is 0 Å². The van der Waals surface area contributed by atoms with Crippen molar-refractivity contribution in [3.8, 4) is 0 Å². The fourth-order valence-electron chi connectivity index (χ4n) is 2.49. The number of hydrogen-bond acceptors (Lipinski definition) is 4. The summed E-state index contributed by atoms with van der Waals surface area (Å²) in [5.74, 6) is -0.492. The molecule has 0 radical (unpaired) electrons. The molecule has 7 heteroatoms. The second-order valence-electron chi connectivity index (χ2n) is 5.57. The largest absolute Gasteiger partial charge is 0.462 e. The molecule has 0 aliphatic carbocycles. The van der Waals surface area contributed by atoms with Crippen LogP contribution in [-0.2, 0) is 14.8 Å². The van der Waals surface area contributed by atoms with Crippen molar-refractivity contribution in [1.29, 1.82) is 0 Å². The first-order valence-corrected chi connectivity index (χ1v) is 10.1. The van der Waals surface area contributed by atoms with E-state index in [1.165, 1.54) is 18.2 Å². The molecule has 0 heterocycles. The summed E-state index contributed by atoms with van der Waals surface area (Å²) < 4.78 is 33.3. The second-order valence-corrected chi connectivity index (χ2v) is 8.10. The van der Waals surface area contributed by atoms with E-state index in [0.29, 0.717) is 10.0 Å². The first-order chi connectivity index (χ1) is 11.8. The lowest BCUT2D eigenvalue weighted by molar-refractivity contribution is 0.0526. The van der Waals surface area contributed by atoms with Crippen LogP contribution in [0, 0.1) is 6.92 Å². The number of rotatable bonds is 6. The van der Waals surface area contributed by atoms with Gasteiger partial charge in [-0.05, 0) is 66.0 Å². The van der Waals surface area contributed by atoms with Gasteiger partial charge in [-0.1, -0.05) is 24.3 Å². The van der Waals surface area contributed by atoms with Gasteiger partial charge < -0.3 is 4.74 Å². The standard InChI is InChI=1S/C18H20BrNO4S/c1-4-24-18(21)14-9-10-17(16(19)11-14)25(22,23)20-13(3)15-8-6-5-7-12(15)2/h5-11,13,20H,4H2,1-3H3. The molecule has 134 valence electrons. The normalized spacial score (nSPS) is 12.6. The van der Waals surface area contributed by atoms with E-state index < -0.39 is 16.0 Å². The molecular formula is C18H20BrNO4S. The van der Waals surface area contributed by atoms with Gasteiger partial charge in [0.05, 0.1) is 17.1 Å². The average molecular weight is 426 g/mol. The molecule has 1 unspecified atom stereocenters. The van der Waals surface area contributed by atoms with Gasteiger partial charge in [-0.15, -0.1) is 0 Å². The van der Waals surface area contributed by atoms with E-state index in [2.05, 4.69) is 20.7 Å². The van der Waals surface area contributed by atoms with Gasteiger partial charge in [-0.25, -0.2) is 17.9 Å². The maximum Gasteiger partial charge on any atom is 0.338 e. The van der Waals surface area contributed by atoms with E-state index in [1.807, 2.05) is 31.2 Å². The molecule has 0 fully saturated rings. The molecule has 0 saturated carbocycles. The number of sulfonamides is 1. The maximum absolute atomic E-state index is 12.7. The van der Waals surface area contributed by atoms with Crippen molar-refractivity contribution < 1.29 is 17.9 Å². The number of aryl methyl sites for hydroxylation is 1. The molecule has 0 bridgehead atoms. The number of benzene rings is 2. The number of hydrogen-bond donors (Lipinski definition) is 1. The summed E-state index contributed by atoms with van der Waals surface area (Å²) in [6.45, 7) is 5.69. The molecule has 25 heavy (non-hydrogen) atoms. The molecule has 0 aliphatic rings. The molecule has 2 aromatic carbocycles. The number of esters is 1. The van der Waals surface area contributed by atoms with E-state index in [4.69, 9.17) is 4.74 Å². The Kier molecular flexibility index (Phi) is 6.37. The summed E-state index contributed by atoms with van der Waals surface area (Å²) in [7, 11) is -3.76. The van der Waals surface area contributed by atoms with Gasteiger partial charge >= 0.3 is 5.97 Å². The molecule has 0 amide bonds. The van der Waals surface area contributed by atoms with Crippen LogP contribution in [0.1, 0.15) is 41.4 Å². The minimum Gasteiger partial charge on any atom is -0.462 e. The fourth-order valence-corrected chi connectivity index (χ4v) is 4.79. The maximum atomic E-state index is 12.7. The average Bonchev–Trinajstić information content (AvgIpc) is 2.54. The third-order valence-electron chi connectivity index (χ3n) is 3.72. The van der Waals surface area contributed by atoms with Crippen molar-refractivity contribution in [2.24, 2.45) is 0 Å². The third-order valence-corrected chi connectivity index (χ3v) is 6.24. The SMILES string of the molecule is CCOC(=O)c1ccc(S(=O)(=O)NC(C)c2ccccc2C)c(Br)c1.